The molecule has 0 aliphatic rings. The first-order valence-corrected chi connectivity index (χ1v) is 21.5. The molecule has 5 heteroatoms. The topological polar surface area (TPSA) is 35.3 Å². The summed E-state index contributed by atoms with van der Waals surface area (Å²) in [4.78, 5) is 4.78. The van der Waals surface area contributed by atoms with Crippen LogP contribution >= 0.6 is 9.47 Å². The molecule has 2 aromatic rings. The van der Waals surface area contributed by atoms with Gasteiger partial charge in [-0.05, 0) is 0 Å². The Morgan fingerprint density at radius 1 is 0.848 bits per heavy atom. The average Bonchev–Trinajstić information content (AvgIpc) is 3.35. The maximum absolute atomic E-state index is 6.57. The number of hydrogen-bond donors (Lipinski definition) is 0. The van der Waals surface area contributed by atoms with Crippen molar-refractivity contribution in [3.63, 3.8) is 0 Å². The number of aromatic nitrogens is 1. The Labute approximate surface area is 210 Å². The zero-order chi connectivity index (χ0) is 23.8. The van der Waals surface area contributed by atoms with Crippen LogP contribution in [-0.2, 0) is 10.9 Å². The molecule has 2 unspecified atom stereocenters. The molecular formula is C28H48NO2PSn. The standard InChI is InChI=1S/C16H21NO2P.3C4H9.Sn/c20-19-15(16-17-12-13-18-16)11-7-2-1-4-8-14-9-5-3-6-10-14;3*1-3-4-2;/h3,5-6,9-10,12,15H,1-2,4,7-8,11,20H2;3*1,3-4H2,2H3;. The molecule has 0 aliphatic heterocycles. The fraction of sp³-hybridized carbons (Fsp3) is 0.679. The van der Waals surface area contributed by atoms with Crippen LogP contribution in [0.15, 0.2) is 40.9 Å². The van der Waals surface area contributed by atoms with Crippen molar-refractivity contribution in [3.05, 3.63) is 48.0 Å². The third kappa shape index (κ3) is 10.0. The Balaban J connectivity index is 1.93. The zero-order valence-electron chi connectivity index (χ0n) is 21.5. The van der Waals surface area contributed by atoms with Crippen molar-refractivity contribution in [1.29, 1.82) is 0 Å². The summed E-state index contributed by atoms with van der Waals surface area (Å²) >= 11 is -2.56. The predicted molar refractivity (Wildman–Crippen MR) is 148 cm³/mol. The van der Waals surface area contributed by atoms with E-state index in [-0.39, 0.29) is 6.10 Å². The molecule has 186 valence electrons. The first-order valence-electron chi connectivity index (χ1n) is 13.5. The zero-order valence-corrected chi connectivity index (χ0v) is 25.5. The Kier molecular flexibility index (Phi) is 15.0. The molecule has 0 fully saturated rings. The summed E-state index contributed by atoms with van der Waals surface area (Å²) in [5, 5.41) is 0. The van der Waals surface area contributed by atoms with Crippen LogP contribution in [0.1, 0.15) is 109 Å². The van der Waals surface area contributed by atoms with Crippen LogP contribution in [-0.4, -0.2) is 23.4 Å². The van der Waals surface area contributed by atoms with Gasteiger partial charge in [-0.15, -0.1) is 0 Å². The van der Waals surface area contributed by atoms with Crippen molar-refractivity contribution in [3.8, 4) is 0 Å². The Bertz CT molecular complexity index is 715. The predicted octanol–water partition coefficient (Wildman–Crippen LogP) is 8.77. The van der Waals surface area contributed by atoms with Crippen LogP contribution in [0.4, 0.5) is 0 Å². The molecule has 0 bridgehead atoms. The Hall–Kier alpha value is -0.381. The van der Waals surface area contributed by atoms with Crippen molar-refractivity contribution < 1.29 is 8.94 Å². The summed E-state index contributed by atoms with van der Waals surface area (Å²) in [5.74, 6) is 0.815. The van der Waals surface area contributed by atoms with E-state index in [1.165, 1.54) is 86.9 Å². The van der Waals surface area contributed by atoms with Crippen LogP contribution in [0.3, 0.4) is 0 Å². The van der Waals surface area contributed by atoms with E-state index in [4.69, 9.17) is 13.9 Å². The molecule has 1 aromatic heterocycles. The molecule has 0 saturated carbocycles. The van der Waals surface area contributed by atoms with Crippen LogP contribution in [0.2, 0.25) is 13.3 Å². The number of hydrogen-bond acceptors (Lipinski definition) is 3. The van der Waals surface area contributed by atoms with Gasteiger partial charge >= 0.3 is 193 Å². The Morgan fingerprint density at radius 3 is 2.03 bits per heavy atom. The number of aryl methyl sites for hydroxylation is 1. The van der Waals surface area contributed by atoms with E-state index in [0.29, 0.717) is 0 Å². The van der Waals surface area contributed by atoms with Crippen LogP contribution in [0, 0.1) is 0 Å². The van der Waals surface area contributed by atoms with Gasteiger partial charge in [0.2, 0.25) is 0 Å². The van der Waals surface area contributed by atoms with E-state index in [2.05, 4.69) is 66.8 Å². The van der Waals surface area contributed by atoms with Gasteiger partial charge in [-0.3, -0.25) is 0 Å². The minimum absolute atomic E-state index is 0.0367. The summed E-state index contributed by atoms with van der Waals surface area (Å²) in [6, 6.07) is 10.8. The summed E-state index contributed by atoms with van der Waals surface area (Å²) < 4.78 is 17.9. The van der Waals surface area contributed by atoms with Crippen LogP contribution in [0.5, 0.6) is 0 Å². The normalized spacial score (nSPS) is 12.8. The quantitative estimate of drug-likeness (QED) is 0.0947. The molecule has 0 amide bonds. The van der Waals surface area contributed by atoms with Gasteiger partial charge in [-0.1, -0.05) is 18.2 Å². The molecule has 0 spiro atoms. The summed E-state index contributed by atoms with van der Waals surface area (Å²) in [5.41, 5.74) is 1.44. The molecule has 0 aliphatic carbocycles. The second-order valence-electron chi connectivity index (χ2n) is 9.72. The molecule has 0 N–H and O–H groups in total. The van der Waals surface area contributed by atoms with Gasteiger partial charge in [0.15, 0.2) is 0 Å². The molecule has 1 heterocycles. The molecule has 0 radical (unpaired) electrons. The van der Waals surface area contributed by atoms with E-state index in [1.807, 2.05) is 0 Å². The number of oxazole rings is 1. The van der Waals surface area contributed by atoms with Gasteiger partial charge in [-0.2, -0.15) is 0 Å². The molecule has 3 nitrogen and oxygen atoms in total. The van der Waals surface area contributed by atoms with Gasteiger partial charge < -0.3 is 0 Å². The SMILES string of the molecule is CCC[CH2][Sn]([CH2]CCC)([CH2]CCC)[c]1cnc(C(CCCCCCc2ccccc2)OP)o1. The number of rotatable bonds is 19. The van der Waals surface area contributed by atoms with E-state index in [9.17, 15) is 0 Å². The summed E-state index contributed by atoms with van der Waals surface area (Å²) in [7, 11) is 2.46. The first kappa shape index (κ1) is 28.9. The number of benzene rings is 1. The van der Waals surface area contributed by atoms with Crippen LogP contribution in [0.25, 0.3) is 0 Å². The van der Waals surface area contributed by atoms with Crippen molar-refractivity contribution in [2.24, 2.45) is 0 Å². The summed E-state index contributed by atoms with van der Waals surface area (Å²) in [6.07, 6.45) is 17.0. The number of nitrogens with zero attached hydrogens (tertiary/aromatic N) is 1. The van der Waals surface area contributed by atoms with Crippen molar-refractivity contribution >= 4 is 31.6 Å². The first-order chi connectivity index (χ1) is 16.2. The third-order valence-corrected chi connectivity index (χ3v) is 22.2. The molecule has 0 saturated heterocycles. The monoisotopic (exact) mass is 581 g/mol. The molecular weight excluding hydrogens is 532 g/mol. The van der Waals surface area contributed by atoms with Gasteiger partial charge in [0.05, 0.1) is 0 Å². The van der Waals surface area contributed by atoms with Crippen molar-refractivity contribution in [2.45, 2.75) is 117 Å². The van der Waals surface area contributed by atoms with Gasteiger partial charge in [0.1, 0.15) is 0 Å². The van der Waals surface area contributed by atoms with Gasteiger partial charge in [0, 0.05) is 0 Å². The molecule has 2 atom stereocenters. The van der Waals surface area contributed by atoms with Crippen molar-refractivity contribution in [2.75, 3.05) is 0 Å². The molecule has 2 rings (SSSR count). The second-order valence-corrected chi connectivity index (χ2v) is 23.0. The number of unbranched alkanes of at least 4 members (excludes halogenated alkanes) is 6. The fourth-order valence-corrected chi connectivity index (χ4v) is 20.1. The fourth-order valence-electron chi connectivity index (χ4n) is 4.88. The summed E-state index contributed by atoms with van der Waals surface area (Å²) in [6.45, 7) is 6.96. The van der Waals surface area contributed by atoms with E-state index in [0.717, 1.165) is 18.7 Å². The molecule has 33 heavy (non-hydrogen) atoms. The van der Waals surface area contributed by atoms with E-state index < -0.39 is 18.4 Å². The average molecular weight is 580 g/mol. The van der Waals surface area contributed by atoms with E-state index >= 15 is 0 Å². The molecule has 1 aromatic carbocycles. The van der Waals surface area contributed by atoms with E-state index in [1.54, 1.807) is 0 Å². The third-order valence-electron chi connectivity index (χ3n) is 7.04. The second kappa shape index (κ2) is 17.1. The van der Waals surface area contributed by atoms with Gasteiger partial charge in [-0.25, -0.2) is 0 Å². The maximum atomic E-state index is 6.57. The van der Waals surface area contributed by atoms with Crippen molar-refractivity contribution in [1.82, 2.24) is 4.98 Å². The minimum atomic E-state index is -2.56. The Morgan fingerprint density at radius 2 is 1.45 bits per heavy atom. The van der Waals surface area contributed by atoms with Crippen LogP contribution < -0.4 is 3.78 Å². The van der Waals surface area contributed by atoms with Gasteiger partial charge in [0.25, 0.3) is 0 Å².